The Morgan fingerprint density at radius 3 is 1.25 bits per heavy atom. The van der Waals surface area contributed by atoms with Crippen LogP contribution < -0.4 is 14.7 Å². The predicted octanol–water partition coefficient (Wildman–Crippen LogP) is -2.37. The van der Waals surface area contributed by atoms with Crippen LogP contribution in [0.2, 0.25) is 0 Å². The molecule has 0 aliphatic rings. The van der Waals surface area contributed by atoms with Crippen LogP contribution in [0.15, 0.2) is 0 Å². The first-order chi connectivity index (χ1) is 3.41. The quantitative estimate of drug-likeness (QED) is 0.365. The van der Waals surface area contributed by atoms with Gasteiger partial charge in [-0.3, -0.25) is 0 Å². The molecule has 0 aromatic heterocycles. The first kappa shape index (κ1) is 11.7. The Kier molecular flexibility index (Phi) is 8.77. The second-order valence-electron chi connectivity index (χ2n) is 0.519. The Morgan fingerprint density at radius 1 is 1.25 bits per heavy atom. The molecule has 0 aliphatic carbocycles. The van der Waals surface area contributed by atoms with Gasteiger partial charge in [-0.25, -0.2) is 0 Å². The topological polar surface area (TPSA) is 86.2 Å². The van der Waals surface area contributed by atoms with Crippen LogP contribution in [-0.2, 0) is 4.57 Å². The van der Waals surface area contributed by atoms with Gasteiger partial charge in [-0.1, -0.05) is 0 Å². The molecule has 0 N–H and O–H groups in total. The zero-order valence-corrected chi connectivity index (χ0v) is 8.12. The van der Waals surface area contributed by atoms with Crippen molar-refractivity contribution in [2.45, 2.75) is 0 Å². The van der Waals surface area contributed by atoms with Crippen molar-refractivity contribution >= 4 is 33.3 Å². The fraction of sp³-hybridized carbons (Fsp3) is 0. The van der Waals surface area contributed by atoms with Crippen molar-refractivity contribution in [2.24, 2.45) is 0 Å². The summed E-state index contributed by atoms with van der Waals surface area (Å²) in [6.07, 6.45) is 0. The zero-order valence-electron chi connectivity index (χ0n) is 3.34. The summed E-state index contributed by atoms with van der Waals surface area (Å²) < 4.78 is 28.2. The van der Waals surface area contributed by atoms with Gasteiger partial charge in [0.25, 0.3) is 0 Å². The van der Waals surface area contributed by atoms with E-state index in [0.29, 0.717) is 0 Å². The molecule has 0 rings (SSSR count). The molecule has 0 unspecified atom stereocenters. The Hall–Kier alpha value is 0.892. The van der Waals surface area contributed by atoms with Crippen molar-refractivity contribution in [3.05, 3.63) is 0 Å². The van der Waals surface area contributed by atoms with Gasteiger partial charge >= 0.3 is 30.5 Å². The van der Waals surface area contributed by atoms with Gasteiger partial charge in [0.05, 0.1) is 0 Å². The van der Waals surface area contributed by atoms with Crippen molar-refractivity contribution in [1.82, 2.24) is 0 Å². The fourth-order valence-corrected chi connectivity index (χ4v) is 0. The first-order valence-corrected chi connectivity index (χ1v) is 5.51. The van der Waals surface area contributed by atoms with Gasteiger partial charge in [0.15, 0.2) is 0 Å². The van der Waals surface area contributed by atoms with Gasteiger partial charge < -0.3 is 19.2 Å². The Labute approximate surface area is 57.8 Å². The molecule has 0 aliphatic heterocycles. The van der Waals surface area contributed by atoms with E-state index in [0.717, 1.165) is 0 Å². The van der Waals surface area contributed by atoms with Gasteiger partial charge in [0, 0.05) is 0 Å². The second kappa shape index (κ2) is 6.02. The van der Waals surface area contributed by atoms with E-state index in [-0.39, 0.29) is 0 Å². The number of halogens is 2. The summed E-state index contributed by atoms with van der Waals surface area (Å²) in [6.45, 7) is 0. The summed E-state index contributed by atoms with van der Waals surface area (Å²) in [4.78, 5) is 25.6. The number of rotatable bonds is 0. The molecule has 0 aromatic carbocycles. The van der Waals surface area contributed by atoms with E-state index in [1.807, 2.05) is 0 Å². The third-order valence-electron chi connectivity index (χ3n) is 0. The van der Waals surface area contributed by atoms with Crippen molar-refractivity contribution in [1.29, 1.82) is 0 Å². The SMILES string of the molecule is O=P([O-])([O-])[O-].[F][Pb+3][F]. The van der Waals surface area contributed by atoms with Crippen LogP contribution in [-0.4, -0.2) is 25.5 Å². The van der Waals surface area contributed by atoms with E-state index < -0.39 is 33.3 Å². The standard InChI is InChI=1S/2FH.H3O4P.Pb/c;;1-5(2,3)4;/h2*1H;(H3,1,2,3,4);/q;;;+5/p-5. The monoisotopic (exact) mass is 341 g/mol. The van der Waals surface area contributed by atoms with Crippen molar-refractivity contribution in [2.75, 3.05) is 0 Å². The maximum atomic E-state index is 9.82. The van der Waals surface area contributed by atoms with Crippen molar-refractivity contribution in [3.63, 3.8) is 0 Å². The van der Waals surface area contributed by atoms with Crippen LogP contribution in [0.3, 0.4) is 0 Å². The molecule has 0 spiro atoms. The number of phosphoric acid groups is 1. The Bertz CT molecular complexity index is 69.8. The zero-order chi connectivity index (χ0) is 7.21. The molecule has 5 radical (unpaired) electrons. The summed E-state index contributed by atoms with van der Waals surface area (Å²) in [5, 5.41) is 0. The molecule has 0 aromatic rings. The van der Waals surface area contributed by atoms with E-state index >= 15 is 0 Å². The molecule has 0 bridgehead atoms. The van der Waals surface area contributed by atoms with E-state index in [1.165, 1.54) is 0 Å². The van der Waals surface area contributed by atoms with Gasteiger partial charge in [-0.2, -0.15) is 7.82 Å². The van der Waals surface area contributed by atoms with E-state index in [9.17, 15) is 5.02 Å². The number of hydrogen-bond donors (Lipinski definition) is 0. The Balaban J connectivity index is 0. The van der Waals surface area contributed by atoms with E-state index in [1.54, 1.807) is 0 Å². The van der Waals surface area contributed by atoms with E-state index in [4.69, 9.17) is 19.2 Å². The number of hydrogen-bond acceptors (Lipinski definition) is 4. The summed E-state index contributed by atoms with van der Waals surface area (Å²) >= 11 is -2.92. The molecule has 0 saturated heterocycles. The molecule has 8 heteroatoms. The van der Waals surface area contributed by atoms with Gasteiger partial charge in [-0.15, -0.1) is 0 Å². The molecule has 0 amide bonds. The van der Waals surface area contributed by atoms with Crippen LogP contribution in [0.5, 0.6) is 0 Å². The molecule has 0 heterocycles. The molecule has 0 fully saturated rings. The average molecular weight is 340 g/mol. The van der Waals surface area contributed by atoms with E-state index in [2.05, 4.69) is 0 Å². The molecule has 8 heavy (non-hydrogen) atoms. The summed E-state index contributed by atoms with van der Waals surface area (Å²) in [7, 11) is -5.39. The summed E-state index contributed by atoms with van der Waals surface area (Å²) in [5.74, 6) is 0. The van der Waals surface area contributed by atoms with Gasteiger partial charge in [0.2, 0.25) is 0 Å². The second-order valence-corrected chi connectivity index (χ2v) is 1.97. The molecular weight excluding hydrogens is 340 g/mol. The van der Waals surface area contributed by atoms with Crippen LogP contribution in [0.1, 0.15) is 0 Å². The molecule has 0 atom stereocenters. The third kappa shape index (κ3) is 301. The minimum absolute atomic E-state index is 2.92. The summed E-state index contributed by atoms with van der Waals surface area (Å²) in [5.41, 5.74) is 0. The third-order valence-corrected chi connectivity index (χ3v) is 0. The van der Waals surface area contributed by atoms with Crippen molar-refractivity contribution in [3.8, 4) is 0 Å². The molecule has 47 valence electrons. The predicted molar refractivity (Wildman–Crippen MR) is 15.6 cm³/mol. The normalized spacial score (nSPS) is 9.62. The molecular formula is F2O4PPb. The first-order valence-electron chi connectivity index (χ1n) is 1.11. The van der Waals surface area contributed by atoms with Crippen LogP contribution >= 0.6 is 7.82 Å². The molecule has 4 nitrogen and oxygen atoms in total. The summed E-state index contributed by atoms with van der Waals surface area (Å²) in [6, 6.07) is 0. The fourth-order valence-electron chi connectivity index (χ4n) is 0. The van der Waals surface area contributed by atoms with Crippen LogP contribution in [0, 0.1) is 0 Å². The maximum absolute atomic E-state index is 9.82. The minimum atomic E-state index is -5.39. The van der Waals surface area contributed by atoms with Gasteiger partial charge in [-0.05, 0) is 0 Å². The molecule has 0 saturated carbocycles. The van der Waals surface area contributed by atoms with Crippen LogP contribution in [0.25, 0.3) is 0 Å². The average Bonchev–Trinajstić information content (AvgIpc) is 1.27. The van der Waals surface area contributed by atoms with Crippen molar-refractivity contribution < 1.29 is 24.3 Å². The Morgan fingerprint density at radius 2 is 1.25 bits per heavy atom. The van der Waals surface area contributed by atoms with Crippen LogP contribution in [0.4, 0.5) is 5.02 Å². The van der Waals surface area contributed by atoms with Gasteiger partial charge in [0.1, 0.15) is 0 Å².